The highest BCUT2D eigenvalue weighted by atomic mass is 32.2. The van der Waals surface area contributed by atoms with E-state index in [0.717, 1.165) is 25.7 Å². The molecule has 1 aromatic carbocycles. The van der Waals surface area contributed by atoms with E-state index in [1.807, 2.05) is 20.8 Å². The Morgan fingerprint density at radius 3 is 2.14 bits per heavy atom. The van der Waals surface area contributed by atoms with Gasteiger partial charge in [-0.3, -0.25) is 9.59 Å². The van der Waals surface area contributed by atoms with Crippen LogP contribution in [0.1, 0.15) is 63.7 Å². The van der Waals surface area contributed by atoms with Crippen molar-refractivity contribution in [1.29, 1.82) is 0 Å². The first-order chi connectivity index (χ1) is 13.4. The SMILES string of the molecule is CCC[C@@H](C)NC(=O)CSc1ccccc1C(=O)OCC(=O)N[C@@H](C)CCC. The average Bonchev–Trinajstić information content (AvgIpc) is 2.65. The standard InChI is InChI=1S/C21H32N2O4S/c1-5-9-15(3)22-19(24)13-27-21(26)17-11-7-8-12-18(17)28-14-20(25)23-16(4)10-6-2/h7-8,11-12,15-16H,5-6,9-10,13-14H2,1-4H3,(H,22,24)(H,23,25)/t15-,16+/m0/s1. The Hall–Kier alpha value is -2.02. The van der Waals surface area contributed by atoms with Crippen molar-refractivity contribution in [2.24, 2.45) is 0 Å². The summed E-state index contributed by atoms with van der Waals surface area (Å²) in [6.07, 6.45) is 3.78. The zero-order chi connectivity index (χ0) is 20.9. The van der Waals surface area contributed by atoms with Gasteiger partial charge in [0.2, 0.25) is 5.91 Å². The number of hydrogen-bond donors (Lipinski definition) is 2. The van der Waals surface area contributed by atoms with Gasteiger partial charge >= 0.3 is 5.97 Å². The van der Waals surface area contributed by atoms with Gasteiger partial charge in [0.05, 0.1) is 11.3 Å². The normalized spacial score (nSPS) is 12.7. The smallest absolute Gasteiger partial charge is 0.339 e. The van der Waals surface area contributed by atoms with Gasteiger partial charge in [-0.05, 0) is 38.8 Å². The van der Waals surface area contributed by atoms with Crippen molar-refractivity contribution in [1.82, 2.24) is 10.6 Å². The van der Waals surface area contributed by atoms with Crippen LogP contribution in [0.25, 0.3) is 0 Å². The molecule has 0 aromatic heterocycles. The van der Waals surface area contributed by atoms with E-state index >= 15 is 0 Å². The van der Waals surface area contributed by atoms with Crippen LogP contribution in [0.3, 0.4) is 0 Å². The lowest BCUT2D eigenvalue weighted by atomic mass is 10.2. The minimum Gasteiger partial charge on any atom is -0.452 e. The average molecular weight is 409 g/mol. The second kappa shape index (κ2) is 13.2. The molecule has 0 aliphatic rings. The largest absolute Gasteiger partial charge is 0.452 e. The van der Waals surface area contributed by atoms with Crippen LogP contribution >= 0.6 is 11.8 Å². The quantitative estimate of drug-likeness (QED) is 0.408. The van der Waals surface area contributed by atoms with E-state index in [1.54, 1.807) is 24.3 Å². The summed E-state index contributed by atoms with van der Waals surface area (Å²) < 4.78 is 5.15. The number of benzene rings is 1. The topological polar surface area (TPSA) is 84.5 Å². The van der Waals surface area contributed by atoms with Crippen molar-refractivity contribution in [2.75, 3.05) is 12.4 Å². The molecule has 2 atom stereocenters. The molecule has 1 aromatic rings. The minimum atomic E-state index is -0.568. The highest BCUT2D eigenvalue weighted by Crippen LogP contribution is 2.23. The predicted molar refractivity (Wildman–Crippen MR) is 112 cm³/mol. The number of carbonyl (C=O) groups is 3. The third-order valence-corrected chi connectivity index (χ3v) is 5.13. The Labute approximate surface area is 172 Å². The minimum absolute atomic E-state index is 0.0488. The number of thioether (sulfide) groups is 1. The molecule has 0 heterocycles. The molecule has 0 aliphatic heterocycles. The molecule has 0 spiro atoms. The molecule has 156 valence electrons. The van der Waals surface area contributed by atoms with Gasteiger partial charge in [-0.1, -0.05) is 38.8 Å². The Morgan fingerprint density at radius 2 is 1.54 bits per heavy atom. The number of nitrogens with one attached hydrogen (secondary N) is 2. The number of hydrogen-bond acceptors (Lipinski definition) is 5. The van der Waals surface area contributed by atoms with Crippen molar-refractivity contribution in [3.8, 4) is 0 Å². The lowest BCUT2D eigenvalue weighted by Crippen LogP contribution is -2.35. The van der Waals surface area contributed by atoms with Gasteiger partial charge in [0.1, 0.15) is 0 Å². The van der Waals surface area contributed by atoms with E-state index in [1.165, 1.54) is 11.8 Å². The maximum Gasteiger partial charge on any atom is 0.339 e. The predicted octanol–water partition coefficient (Wildman–Crippen LogP) is 3.55. The molecule has 6 nitrogen and oxygen atoms in total. The second-order valence-electron chi connectivity index (χ2n) is 6.88. The zero-order valence-corrected chi connectivity index (χ0v) is 18.1. The third-order valence-electron chi connectivity index (χ3n) is 4.06. The number of rotatable bonds is 12. The summed E-state index contributed by atoms with van der Waals surface area (Å²) in [4.78, 5) is 37.0. The molecule has 0 fully saturated rings. The molecular formula is C21H32N2O4S. The molecule has 0 bridgehead atoms. The summed E-state index contributed by atoms with van der Waals surface area (Å²) in [6.45, 7) is 7.69. The fourth-order valence-electron chi connectivity index (χ4n) is 2.76. The zero-order valence-electron chi connectivity index (χ0n) is 17.2. The summed E-state index contributed by atoms with van der Waals surface area (Å²) >= 11 is 1.28. The summed E-state index contributed by atoms with van der Waals surface area (Å²) in [5.41, 5.74) is 0.358. The molecule has 28 heavy (non-hydrogen) atoms. The Kier molecular flexibility index (Phi) is 11.3. The van der Waals surface area contributed by atoms with Crippen LogP contribution in [-0.4, -0.2) is 42.2 Å². The van der Waals surface area contributed by atoms with Crippen LogP contribution in [0.5, 0.6) is 0 Å². The molecule has 0 saturated carbocycles. The van der Waals surface area contributed by atoms with Crippen LogP contribution in [-0.2, 0) is 14.3 Å². The number of amides is 2. The van der Waals surface area contributed by atoms with Crippen molar-refractivity contribution in [3.05, 3.63) is 29.8 Å². The highest BCUT2D eigenvalue weighted by Gasteiger charge is 2.16. The first-order valence-corrected chi connectivity index (χ1v) is 10.8. The monoisotopic (exact) mass is 408 g/mol. The second-order valence-corrected chi connectivity index (χ2v) is 7.89. The first-order valence-electron chi connectivity index (χ1n) is 9.85. The number of carbonyl (C=O) groups excluding carboxylic acids is 3. The molecule has 2 amide bonds. The van der Waals surface area contributed by atoms with E-state index in [2.05, 4.69) is 17.6 Å². The van der Waals surface area contributed by atoms with E-state index in [9.17, 15) is 14.4 Å². The lowest BCUT2D eigenvalue weighted by Gasteiger charge is -2.14. The molecule has 0 unspecified atom stereocenters. The summed E-state index contributed by atoms with van der Waals surface area (Å²) in [5.74, 6) is -0.740. The first kappa shape index (κ1) is 24.0. The van der Waals surface area contributed by atoms with E-state index in [-0.39, 0.29) is 36.3 Å². The molecular weight excluding hydrogens is 376 g/mol. The van der Waals surface area contributed by atoms with Gasteiger partial charge in [0.25, 0.3) is 5.91 Å². The highest BCUT2D eigenvalue weighted by molar-refractivity contribution is 8.00. The lowest BCUT2D eigenvalue weighted by molar-refractivity contribution is -0.125. The van der Waals surface area contributed by atoms with Crippen molar-refractivity contribution in [2.45, 2.75) is 70.4 Å². The number of esters is 1. The fraction of sp³-hybridized carbons (Fsp3) is 0.571. The molecule has 0 aliphatic carbocycles. The van der Waals surface area contributed by atoms with Crippen LogP contribution in [0, 0.1) is 0 Å². The Bertz CT molecular complexity index is 651. The van der Waals surface area contributed by atoms with Crippen LogP contribution in [0.4, 0.5) is 0 Å². The van der Waals surface area contributed by atoms with E-state index in [4.69, 9.17) is 4.74 Å². The van der Waals surface area contributed by atoms with Crippen LogP contribution < -0.4 is 10.6 Å². The molecule has 7 heteroatoms. The number of ether oxygens (including phenoxy) is 1. The van der Waals surface area contributed by atoms with Gasteiger partial charge in [-0.25, -0.2) is 4.79 Å². The molecule has 1 rings (SSSR count). The van der Waals surface area contributed by atoms with Crippen molar-refractivity contribution < 1.29 is 19.1 Å². The molecule has 0 radical (unpaired) electrons. The fourth-order valence-corrected chi connectivity index (χ4v) is 3.61. The van der Waals surface area contributed by atoms with Gasteiger partial charge in [0, 0.05) is 17.0 Å². The van der Waals surface area contributed by atoms with Crippen molar-refractivity contribution in [3.63, 3.8) is 0 Å². The van der Waals surface area contributed by atoms with E-state index < -0.39 is 5.97 Å². The third kappa shape index (κ3) is 9.26. The Balaban J connectivity index is 2.56. The molecule has 0 saturated heterocycles. The maximum absolute atomic E-state index is 12.4. The molecule has 2 N–H and O–H groups in total. The van der Waals surface area contributed by atoms with E-state index in [0.29, 0.717) is 10.5 Å². The van der Waals surface area contributed by atoms with Gasteiger partial charge in [-0.2, -0.15) is 0 Å². The summed E-state index contributed by atoms with van der Waals surface area (Å²) in [7, 11) is 0. The van der Waals surface area contributed by atoms with Gasteiger partial charge in [-0.15, -0.1) is 11.8 Å². The van der Waals surface area contributed by atoms with Crippen LogP contribution in [0.15, 0.2) is 29.2 Å². The summed E-state index contributed by atoms with van der Waals surface area (Å²) in [5, 5.41) is 5.74. The summed E-state index contributed by atoms with van der Waals surface area (Å²) in [6, 6.07) is 7.12. The van der Waals surface area contributed by atoms with Gasteiger partial charge < -0.3 is 15.4 Å². The maximum atomic E-state index is 12.4. The Morgan fingerprint density at radius 1 is 0.964 bits per heavy atom. The van der Waals surface area contributed by atoms with Crippen molar-refractivity contribution >= 4 is 29.5 Å². The van der Waals surface area contributed by atoms with Crippen LogP contribution in [0.2, 0.25) is 0 Å². The van der Waals surface area contributed by atoms with Gasteiger partial charge in [0.15, 0.2) is 6.61 Å².